The van der Waals surface area contributed by atoms with E-state index in [4.69, 9.17) is 0 Å². The van der Waals surface area contributed by atoms with Crippen LogP contribution in [0.4, 0.5) is 11.4 Å². The maximum atomic E-state index is 11.5. The summed E-state index contributed by atoms with van der Waals surface area (Å²) in [5.74, 6) is -0.313. The maximum Gasteiger partial charge on any atom is 0.292 e. The number of aliphatic hydroxyl groups excluding tert-OH is 1. The molecule has 0 bridgehead atoms. The molecular weight excluding hydrogens is 250 g/mol. The number of nitrogens with zero attached hydrogens (tertiary/aromatic N) is 1. The summed E-state index contributed by atoms with van der Waals surface area (Å²) < 4.78 is 0. The topological polar surface area (TPSA) is 104 Å². The molecule has 19 heavy (non-hydrogen) atoms. The Hall–Kier alpha value is -2.15. The van der Waals surface area contributed by atoms with Crippen LogP contribution in [0.3, 0.4) is 0 Å². The number of nitrogens with one attached hydrogen (secondary N) is 2. The third-order valence-electron chi connectivity index (χ3n) is 3.24. The second kappa shape index (κ2) is 4.85. The first-order valence-electron chi connectivity index (χ1n) is 5.91. The highest BCUT2D eigenvalue weighted by Gasteiger charge is 2.43. The van der Waals surface area contributed by atoms with Gasteiger partial charge in [-0.3, -0.25) is 14.9 Å². The predicted molar refractivity (Wildman–Crippen MR) is 69.2 cm³/mol. The summed E-state index contributed by atoms with van der Waals surface area (Å²) in [6.45, 7) is -0.0889. The summed E-state index contributed by atoms with van der Waals surface area (Å²) in [6.07, 6.45) is 1.51. The van der Waals surface area contributed by atoms with Crippen molar-refractivity contribution >= 4 is 17.3 Å². The van der Waals surface area contributed by atoms with Gasteiger partial charge < -0.3 is 15.7 Å². The van der Waals surface area contributed by atoms with E-state index in [2.05, 4.69) is 10.6 Å². The van der Waals surface area contributed by atoms with Crippen LogP contribution in [-0.2, 0) is 0 Å². The van der Waals surface area contributed by atoms with Crippen molar-refractivity contribution in [1.82, 2.24) is 5.32 Å². The molecule has 0 atom stereocenters. The number of carbonyl (C=O) groups excluding carboxylic acids is 1. The highest BCUT2D eigenvalue weighted by Crippen LogP contribution is 2.40. The number of hydrogen-bond donors (Lipinski definition) is 3. The van der Waals surface area contributed by atoms with E-state index in [0.29, 0.717) is 5.56 Å². The summed E-state index contributed by atoms with van der Waals surface area (Å²) >= 11 is 0. The van der Waals surface area contributed by atoms with E-state index < -0.39 is 10.5 Å². The summed E-state index contributed by atoms with van der Waals surface area (Å²) in [6, 6.07) is 4.13. The molecule has 0 heterocycles. The zero-order valence-electron chi connectivity index (χ0n) is 10.5. The molecule has 1 saturated carbocycles. The van der Waals surface area contributed by atoms with E-state index in [-0.39, 0.29) is 23.9 Å². The largest absolute Gasteiger partial charge is 0.394 e. The van der Waals surface area contributed by atoms with Gasteiger partial charge in [0.1, 0.15) is 5.69 Å². The quantitative estimate of drug-likeness (QED) is 0.541. The number of anilines is 1. The highest BCUT2D eigenvalue weighted by atomic mass is 16.6. The SMILES string of the molecule is CNC(=O)c1ccc([N+](=O)[O-])c(NC2(CO)CC2)c1. The van der Waals surface area contributed by atoms with Gasteiger partial charge in [0.05, 0.1) is 17.1 Å². The number of benzene rings is 1. The number of aliphatic hydroxyl groups is 1. The van der Waals surface area contributed by atoms with Gasteiger partial charge in [0.15, 0.2) is 0 Å². The van der Waals surface area contributed by atoms with Gasteiger partial charge in [0.25, 0.3) is 11.6 Å². The number of nitro benzene ring substituents is 1. The van der Waals surface area contributed by atoms with Crippen LogP contribution < -0.4 is 10.6 Å². The minimum Gasteiger partial charge on any atom is -0.394 e. The molecule has 7 heteroatoms. The molecule has 0 aromatic heterocycles. The third-order valence-corrected chi connectivity index (χ3v) is 3.24. The van der Waals surface area contributed by atoms with E-state index in [1.807, 2.05) is 0 Å². The second-order valence-corrected chi connectivity index (χ2v) is 4.63. The fraction of sp³-hybridized carbons (Fsp3) is 0.417. The first kappa shape index (κ1) is 13.3. The zero-order valence-corrected chi connectivity index (χ0v) is 10.5. The average molecular weight is 265 g/mol. The van der Waals surface area contributed by atoms with Gasteiger partial charge in [0, 0.05) is 18.7 Å². The zero-order chi connectivity index (χ0) is 14.0. The van der Waals surface area contributed by atoms with Crippen molar-refractivity contribution in [1.29, 1.82) is 0 Å². The fourth-order valence-corrected chi connectivity index (χ4v) is 1.84. The minimum absolute atomic E-state index is 0.0889. The molecule has 1 amide bonds. The lowest BCUT2D eigenvalue weighted by Crippen LogP contribution is -2.26. The molecule has 1 aromatic carbocycles. The Morgan fingerprint density at radius 2 is 2.21 bits per heavy atom. The molecule has 0 saturated heterocycles. The number of nitro groups is 1. The number of rotatable bonds is 5. The Bertz CT molecular complexity index is 526. The van der Waals surface area contributed by atoms with Crippen LogP contribution in [0.2, 0.25) is 0 Å². The average Bonchev–Trinajstić information content (AvgIpc) is 3.17. The fourth-order valence-electron chi connectivity index (χ4n) is 1.84. The molecule has 0 aliphatic heterocycles. The third kappa shape index (κ3) is 2.65. The van der Waals surface area contributed by atoms with E-state index in [0.717, 1.165) is 12.8 Å². The van der Waals surface area contributed by atoms with Gasteiger partial charge in [0.2, 0.25) is 0 Å². The van der Waals surface area contributed by atoms with Gasteiger partial charge in [-0.15, -0.1) is 0 Å². The van der Waals surface area contributed by atoms with Crippen LogP contribution in [0, 0.1) is 10.1 Å². The first-order valence-corrected chi connectivity index (χ1v) is 5.91. The van der Waals surface area contributed by atoms with Crippen LogP contribution >= 0.6 is 0 Å². The molecule has 3 N–H and O–H groups in total. The Kier molecular flexibility index (Phi) is 3.39. The molecule has 1 fully saturated rings. The van der Waals surface area contributed by atoms with Gasteiger partial charge in [-0.05, 0) is 25.0 Å². The van der Waals surface area contributed by atoms with Crippen LogP contribution in [0.5, 0.6) is 0 Å². The van der Waals surface area contributed by atoms with Gasteiger partial charge in [-0.2, -0.15) is 0 Å². The van der Waals surface area contributed by atoms with Crippen molar-refractivity contribution < 1.29 is 14.8 Å². The lowest BCUT2D eigenvalue weighted by molar-refractivity contribution is -0.384. The molecule has 1 aliphatic rings. The van der Waals surface area contributed by atoms with Crippen molar-refractivity contribution in [3.05, 3.63) is 33.9 Å². The predicted octanol–water partition coefficient (Wildman–Crippen LogP) is 0.891. The van der Waals surface area contributed by atoms with Crippen molar-refractivity contribution in [3.63, 3.8) is 0 Å². The molecule has 0 spiro atoms. The lowest BCUT2D eigenvalue weighted by Gasteiger charge is -2.16. The molecule has 1 aromatic rings. The van der Waals surface area contributed by atoms with Crippen LogP contribution in [0.1, 0.15) is 23.2 Å². The van der Waals surface area contributed by atoms with Gasteiger partial charge in [-0.1, -0.05) is 0 Å². The second-order valence-electron chi connectivity index (χ2n) is 4.63. The van der Waals surface area contributed by atoms with E-state index >= 15 is 0 Å². The summed E-state index contributed by atoms with van der Waals surface area (Å²) in [7, 11) is 1.49. The van der Waals surface area contributed by atoms with E-state index in [1.54, 1.807) is 0 Å². The number of amides is 1. The normalized spacial score (nSPS) is 15.7. The molecule has 1 aliphatic carbocycles. The Balaban J connectivity index is 2.36. The monoisotopic (exact) mass is 265 g/mol. The van der Waals surface area contributed by atoms with Crippen molar-refractivity contribution in [2.75, 3.05) is 19.0 Å². The summed E-state index contributed by atoms with van der Waals surface area (Å²) in [5, 5.41) is 25.7. The molecular formula is C12H15N3O4. The highest BCUT2D eigenvalue weighted by molar-refractivity contribution is 5.95. The molecule has 2 rings (SSSR count). The van der Waals surface area contributed by atoms with Crippen molar-refractivity contribution in [2.45, 2.75) is 18.4 Å². The Labute approximate surface area is 109 Å². The maximum absolute atomic E-state index is 11.5. The molecule has 7 nitrogen and oxygen atoms in total. The van der Waals surface area contributed by atoms with Crippen LogP contribution in [-0.4, -0.2) is 35.1 Å². The molecule has 0 unspecified atom stereocenters. The van der Waals surface area contributed by atoms with Crippen LogP contribution in [0.25, 0.3) is 0 Å². The van der Waals surface area contributed by atoms with Crippen LogP contribution in [0.15, 0.2) is 18.2 Å². The smallest absolute Gasteiger partial charge is 0.292 e. The van der Waals surface area contributed by atoms with E-state index in [1.165, 1.54) is 25.2 Å². The standard InChI is InChI=1S/C12H15N3O4/c1-13-11(17)8-2-3-10(15(18)19)9(6-8)14-12(7-16)4-5-12/h2-3,6,14,16H,4-5,7H2,1H3,(H,13,17). The minimum atomic E-state index is -0.510. The lowest BCUT2D eigenvalue weighted by atomic mass is 10.1. The summed E-state index contributed by atoms with van der Waals surface area (Å²) in [5.41, 5.74) is 0.0147. The van der Waals surface area contributed by atoms with Crippen molar-refractivity contribution in [3.8, 4) is 0 Å². The van der Waals surface area contributed by atoms with Crippen molar-refractivity contribution in [2.24, 2.45) is 0 Å². The Morgan fingerprint density at radius 1 is 1.53 bits per heavy atom. The van der Waals surface area contributed by atoms with Gasteiger partial charge in [-0.25, -0.2) is 0 Å². The number of hydrogen-bond acceptors (Lipinski definition) is 5. The summed E-state index contributed by atoms with van der Waals surface area (Å²) in [4.78, 5) is 22.0. The molecule has 102 valence electrons. The molecule has 0 radical (unpaired) electrons. The first-order chi connectivity index (χ1) is 9.01. The van der Waals surface area contributed by atoms with Gasteiger partial charge >= 0.3 is 0 Å². The Morgan fingerprint density at radius 3 is 2.68 bits per heavy atom. The van der Waals surface area contributed by atoms with E-state index in [9.17, 15) is 20.0 Å². The number of carbonyl (C=O) groups is 1.